The van der Waals surface area contributed by atoms with Gasteiger partial charge in [-0.3, -0.25) is 0 Å². The average Bonchev–Trinajstić information content (AvgIpc) is 3.30. The van der Waals surface area contributed by atoms with Crippen LogP contribution in [0.5, 0.6) is 11.5 Å². The summed E-state index contributed by atoms with van der Waals surface area (Å²) in [6.45, 7) is 0.240. The molecule has 1 aromatic heterocycles. The van der Waals surface area contributed by atoms with Crippen molar-refractivity contribution in [1.29, 1.82) is 0 Å². The highest BCUT2D eigenvalue weighted by Gasteiger charge is 2.17. The number of nitrogens with zero attached hydrogens (tertiary/aromatic N) is 2. The fourth-order valence-electron chi connectivity index (χ4n) is 2.89. The van der Waals surface area contributed by atoms with Crippen molar-refractivity contribution in [3.05, 3.63) is 60.7 Å². The quantitative estimate of drug-likeness (QED) is 0.552. The summed E-state index contributed by atoms with van der Waals surface area (Å²) in [7, 11) is 0. The van der Waals surface area contributed by atoms with Crippen molar-refractivity contribution in [2.75, 3.05) is 6.79 Å². The van der Waals surface area contributed by atoms with E-state index >= 15 is 0 Å². The molecule has 2 heterocycles. The molecular weight excluding hydrogens is 304 g/mol. The molecule has 0 aliphatic carbocycles. The van der Waals surface area contributed by atoms with Crippen molar-refractivity contribution in [3.8, 4) is 34.4 Å². The van der Waals surface area contributed by atoms with Crippen LogP contribution >= 0.6 is 0 Å². The van der Waals surface area contributed by atoms with Crippen molar-refractivity contribution in [1.82, 2.24) is 10.2 Å². The summed E-state index contributed by atoms with van der Waals surface area (Å²) >= 11 is 0. The zero-order valence-corrected chi connectivity index (χ0v) is 12.6. The first-order chi connectivity index (χ1) is 11.9. The molecular formula is C19H12N2O3. The second kappa shape index (κ2) is 5.09. The van der Waals surface area contributed by atoms with Crippen LogP contribution in [-0.2, 0) is 0 Å². The Labute approximate surface area is 137 Å². The Morgan fingerprint density at radius 1 is 0.750 bits per heavy atom. The Bertz CT molecular complexity index is 1050. The maximum absolute atomic E-state index is 5.91. The molecule has 0 spiro atoms. The van der Waals surface area contributed by atoms with Gasteiger partial charge in [0.25, 0.3) is 0 Å². The van der Waals surface area contributed by atoms with Gasteiger partial charge in [0, 0.05) is 11.1 Å². The van der Waals surface area contributed by atoms with Crippen LogP contribution in [0.2, 0.25) is 0 Å². The topological polar surface area (TPSA) is 57.4 Å². The maximum Gasteiger partial charge on any atom is 0.248 e. The molecule has 5 rings (SSSR count). The summed E-state index contributed by atoms with van der Waals surface area (Å²) in [6, 6.07) is 19.7. The predicted octanol–water partition coefficient (Wildman–Crippen LogP) is 4.29. The fraction of sp³-hybridized carbons (Fsp3) is 0.0526. The first-order valence-corrected chi connectivity index (χ1v) is 7.60. The molecule has 0 N–H and O–H groups in total. The summed E-state index contributed by atoms with van der Waals surface area (Å²) in [4.78, 5) is 0. The molecule has 0 saturated carbocycles. The van der Waals surface area contributed by atoms with Gasteiger partial charge in [-0.15, -0.1) is 10.2 Å². The van der Waals surface area contributed by atoms with Crippen LogP contribution in [0.25, 0.3) is 33.7 Å². The van der Waals surface area contributed by atoms with Gasteiger partial charge >= 0.3 is 0 Å². The highest BCUT2D eigenvalue weighted by Crippen LogP contribution is 2.36. The van der Waals surface area contributed by atoms with Crippen LogP contribution in [0.4, 0.5) is 0 Å². The highest BCUT2D eigenvalue weighted by atomic mass is 16.7. The first kappa shape index (κ1) is 13.1. The number of fused-ring (bicyclic) bond motifs is 2. The zero-order valence-electron chi connectivity index (χ0n) is 12.6. The van der Waals surface area contributed by atoms with Gasteiger partial charge in [-0.2, -0.15) is 0 Å². The Hall–Kier alpha value is -3.34. The van der Waals surface area contributed by atoms with E-state index in [-0.39, 0.29) is 6.79 Å². The van der Waals surface area contributed by atoms with Crippen LogP contribution in [0.1, 0.15) is 0 Å². The monoisotopic (exact) mass is 316 g/mol. The number of aromatic nitrogens is 2. The van der Waals surface area contributed by atoms with Crippen LogP contribution in [0.15, 0.2) is 65.1 Å². The number of ether oxygens (including phenoxy) is 2. The lowest BCUT2D eigenvalue weighted by atomic mass is 10.0. The third kappa shape index (κ3) is 2.02. The van der Waals surface area contributed by atoms with E-state index in [4.69, 9.17) is 13.9 Å². The number of rotatable bonds is 2. The summed E-state index contributed by atoms with van der Waals surface area (Å²) in [5, 5.41) is 10.6. The van der Waals surface area contributed by atoms with Crippen LogP contribution in [0, 0.1) is 0 Å². The fourth-order valence-corrected chi connectivity index (χ4v) is 2.89. The van der Waals surface area contributed by atoms with Gasteiger partial charge in [0.15, 0.2) is 11.5 Å². The van der Waals surface area contributed by atoms with E-state index in [1.165, 1.54) is 0 Å². The van der Waals surface area contributed by atoms with E-state index in [1.807, 2.05) is 42.5 Å². The molecule has 24 heavy (non-hydrogen) atoms. The second-order valence-corrected chi connectivity index (χ2v) is 5.51. The summed E-state index contributed by atoms with van der Waals surface area (Å²) in [6.07, 6.45) is 0. The van der Waals surface area contributed by atoms with E-state index in [0.29, 0.717) is 17.5 Å². The minimum atomic E-state index is 0.240. The third-order valence-electron chi connectivity index (χ3n) is 4.06. The normalized spacial score (nSPS) is 12.7. The van der Waals surface area contributed by atoms with E-state index in [1.54, 1.807) is 0 Å². The molecule has 3 aromatic carbocycles. The molecule has 1 aliphatic heterocycles. The first-order valence-electron chi connectivity index (χ1n) is 7.60. The zero-order chi connectivity index (χ0) is 15.9. The molecule has 1 aliphatic rings. The Kier molecular flexibility index (Phi) is 2.79. The average molecular weight is 316 g/mol. The molecule has 0 atom stereocenters. The SMILES string of the molecule is c1ccc2c(-c3nnc(-c4ccc5c(c4)OCO5)o3)cccc2c1. The van der Waals surface area contributed by atoms with E-state index in [2.05, 4.69) is 28.4 Å². The van der Waals surface area contributed by atoms with Crippen molar-refractivity contribution < 1.29 is 13.9 Å². The molecule has 0 amide bonds. The number of hydrogen-bond acceptors (Lipinski definition) is 5. The third-order valence-corrected chi connectivity index (χ3v) is 4.06. The van der Waals surface area contributed by atoms with Gasteiger partial charge in [-0.1, -0.05) is 36.4 Å². The van der Waals surface area contributed by atoms with Gasteiger partial charge in [0.05, 0.1) is 0 Å². The lowest BCUT2D eigenvalue weighted by Gasteiger charge is -2.02. The molecule has 5 nitrogen and oxygen atoms in total. The smallest absolute Gasteiger partial charge is 0.248 e. The second-order valence-electron chi connectivity index (χ2n) is 5.51. The Morgan fingerprint density at radius 2 is 1.58 bits per heavy atom. The molecule has 0 radical (unpaired) electrons. The van der Waals surface area contributed by atoms with Gasteiger partial charge in [0.2, 0.25) is 18.6 Å². The number of hydrogen-bond donors (Lipinski definition) is 0. The summed E-state index contributed by atoms with van der Waals surface area (Å²) in [5.74, 6) is 2.38. The van der Waals surface area contributed by atoms with Crippen molar-refractivity contribution in [2.45, 2.75) is 0 Å². The largest absolute Gasteiger partial charge is 0.454 e. The highest BCUT2D eigenvalue weighted by molar-refractivity contribution is 5.94. The molecule has 0 fully saturated rings. The van der Waals surface area contributed by atoms with E-state index < -0.39 is 0 Å². The summed E-state index contributed by atoms with van der Waals surface area (Å²) in [5.41, 5.74) is 1.73. The predicted molar refractivity (Wildman–Crippen MR) is 88.8 cm³/mol. The maximum atomic E-state index is 5.91. The molecule has 0 saturated heterocycles. The molecule has 4 aromatic rings. The molecule has 0 bridgehead atoms. The van der Waals surface area contributed by atoms with Crippen molar-refractivity contribution in [3.63, 3.8) is 0 Å². The van der Waals surface area contributed by atoms with E-state index in [0.717, 1.165) is 27.6 Å². The lowest BCUT2D eigenvalue weighted by molar-refractivity contribution is 0.174. The van der Waals surface area contributed by atoms with E-state index in [9.17, 15) is 0 Å². The molecule has 116 valence electrons. The van der Waals surface area contributed by atoms with Crippen molar-refractivity contribution in [2.24, 2.45) is 0 Å². The summed E-state index contributed by atoms with van der Waals surface area (Å²) < 4.78 is 16.6. The number of benzene rings is 3. The minimum Gasteiger partial charge on any atom is -0.454 e. The Balaban J connectivity index is 1.60. The van der Waals surface area contributed by atoms with Crippen LogP contribution < -0.4 is 9.47 Å². The molecule has 5 heteroatoms. The van der Waals surface area contributed by atoms with Gasteiger partial charge in [0.1, 0.15) is 0 Å². The van der Waals surface area contributed by atoms with Gasteiger partial charge in [-0.25, -0.2) is 0 Å². The van der Waals surface area contributed by atoms with Crippen LogP contribution in [0.3, 0.4) is 0 Å². The van der Waals surface area contributed by atoms with Crippen LogP contribution in [-0.4, -0.2) is 17.0 Å². The lowest BCUT2D eigenvalue weighted by Crippen LogP contribution is -1.92. The standard InChI is InChI=1S/C19H12N2O3/c1-2-6-14-12(4-1)5-3-7-15(14)19-21-20-18(24-19)13-8-9-16-17(10-13)23-11-22-16/h1-10H,11H2. The van der Waals surface area contributed by atoms with Gasteiger partial charge < -0.3 is 13.9 Å². The minimum absolute atomic E-state index is 0.240. The molecule has 0 unspecified atom stereocenters. The van der Waals surface area contributed by atoms with Gasteiger partial charge in [-0.05, 0) is 35.0 Å². The Morgan fingerprint density at radius 3 is 2.58 bits per heavy atom. The van der Waals surface area contributed by atoms with Crippen molar-refractivity contribution >= 4 is 10.8 Å².